The maximum absolute atomic E-state index is 14.1. The monoisotopic (exact) mass is 283 g/mol. The lowest BCUT2D eigenvalue weighted by Crippen LogP contribution is -2.11. The molecule has 0 radical (unpaired) electrons. The molecule has 1 fully saturated rings. The molecule has 0 aliphatic heterocycles. The predicted octanol–water partition coefficient (Wildman–Crippen LogP) is 4.87. The molecule has 1 nitrogen and oxygen atoms in total. The first-order valence-corrected chi connectivity index (χ1v) is 7.87. The van der Waals surface area contributed by atoms with Gasteiger partial charge in [0.1, 0.15) is 5.82 Å². The van der Waals surface area contributed by atoms with Crippen LogP contribution in [0.3, 0.4) is 0 Å². The average Bonchev–Trinajstić information content (AvgIpc) is 2.46. The Morgan fingerprint density at radius 3 is 2.48 bits per heavy atom. The van der Waals surface area contributed by atoms with Crippen molar-refractivity contribution < 1.29 is 4.39 Å². The second-order valence-electron chi connectivity index (χ2n) is 5.84. The fourth-order valence-electron chi connectivity index (χ4n) is 2.85. The van der Waals surface area contributed by atoms with Crippen LogP contribution in [-0.2, 0) is 6.54 Å². The quantitative estimate of drug-likeness (QED) is 0.825. The SMILES string of the molecule is CCNCc1ccc(F)c(-c2ccc(C3CCC3)cc2)c1. The molecule has 21 heavy (non-hydrogen) atoms. The molecule has 1 aliphatic carbocycles. The fourth-order valence-corrected chi connectivity index (χ4v) is 2.85. The van der Waals surface area contributed by atoms with Gasteiger partial charge >= 0.3 is 0 Å². The van der Waals surface area contributed by atoms with E-state index < -0.39 is 0 Å². The van der Waals surface area contributed by atoms with Crippen LogP contribution in [0.15, 0.2) is 42.5 Å². The third-order valence-corrected chi connectivity index (χ3v) is 4.41. The molecule has 1 saturated carbocycles. The zero-order valence-electron chi connectivity index (χ0n) is 12.5. The van der Waals surface area contributed by atoms with Crippen LogP contribution in [0.4, 0.5) is 4.39 Å². The summed E-state index contributed by atoms with van der Waals surface area (Å²) in [5.41, 5.74) is 4.19. The summed E-state index contributed by atoms with van der Waals surface area (Å²) in [7, 11) is 0. The van der Waals surface area contributed by atoms with Crippen LogP contribution in [0.1, 0.15) is 43.2 Å². The van der Waals surface area contributed by atoms with Crippen molar-refractivity contribution in [3.8, 4) is 11.1 Å². The Balaban J connectivity index is 1.84. The van der Waals surface area contributed by atoms with Crippen molar-refractivity contribution in [1.82, 2.24) is 5.32 Å². The molecule has 0 atom stereocenters. The van der Waals surface area contributed by atoms with Gasteiger partial charge in [-0.05, 0) is 54.1 Å². The van der Waals surface area contributed by atoms with E-state index in [1.165, 1.54) is 24.8 Å². The van der Waals surface area contributed by atoms with Crippen molar-refractivity contribution in [3.05, 3.63) is 59.4 Å². The summed E-state index contributed by atoms with van der Waals surface area (Å²) in [4.78, 5) is 0. The number of nitrogens with one attached hydrogen (secondary N) is 1. The number of rotatable bonds is 5. The molecule has 0 amide bonds. The van der Waals surface area contributed by atoms with E-state index in [4.69, 9.17) is 0 Å². The van der Waals surface area contributed by atoms with Crippen molar-refractivity contribution >= 4 is 0 Å². The summed E-state index contributed by atoms with van der Waals surface area (Å²) in [6.07, 6.45) is 3.94. The van der Waals surface area contributed by atoms with Crippen LogP contribution in [-0.4, -0.2) is 6.54 Å². The normalized spacial score (nSPS) is 15.0. The minimum atomic E-state index is -0.147. The first-order chi connectivity index (χ1) is 10.3. The van der Waals surface area contributed by atoms with Gasteiger partial charge in [0, 0.05) is 12.1 Å². The molecule has 1 aliphatic rings. The van der Waals surface area contributed by atoms with E-state index in [9.17, 15) is 4.39 Å². The van der Waals surface area contributed by atoms with E-state index in [0.29, 0.717) is 5.56 Å². The van der Waals surface area contributed by atoms with Crippen LogP contribution < -0.4 is 5.32 Å². The lowest BCUT2D eigenvalue weighted by atomic mass is 9.80. The van der Waals surface area contributed by atoms with E-state index in [2.05, 4.69) is 36.5 Å². The molecule has 0 saturated heterocycles. The molecule has 0 unspecified atom stereocenters. The highest BCUT2D eigenvalue weighted by Crippen LogP contribution is 2.37. The highest BCUT2D eigenvalue weighted by Gasteiger charge is 2.19. The van der Waals surface area contributed by atoms with Crippen LogP contribution >= 0.6 is 0 Å². The summed E-state index contributed by atoms with van der Waals surface area (Å²) in [6, 6.07) is 13.8. The Bertz CT molecular complexity index is 599. The first-order valence-electron chi connectivity index (χ1n) is 7.87. The van der Waals surface area contributed by atoms with E-state index in [1.54, 1.807) is 6.07 Å². The Hall–Kier alpha value is -1.67. The van der Waals surface area contributed by atoms with Gasteiger partial charge in [-0.1, -0.05) is 43.7 Å². The third-order valence-electron chi connectivity index (χ3n) is 4.41. The zero-order chi connectivity index (χ0) is 14.7. The van der Waals surface area contributed by atoms with E-state index in [0.717, 1.165) is 30.1 Å². The largest absolute Gasteiger partial charge is 0.313 e. The average molecular weight is 283 g/mol. The minimum Gasteiger partial charge on any atom is -0.313 e. The standard InChI is InChI=1S/C19H22FN/c1-2-21-13-14-6-11-19(20)18(12-14)17-9-7-16(8-10-17)15-4-3-5-15/h6-12,15,21H,2-5,13H2,1H3. The van der Waals surface area contributed by atoms with Crippen molar-refractivity contribution in [2.24, 2.45) is 0 Å². The number of hydrogen-bond donors (Lipinski definition) is 1. The van der Waals surface area contributed by atoms with E-state index in [1.807, 2.05) is 12.1 Å². The second kappa shape index (κ2) is 6.40. The molecule has 110 valence electrons. The van der Waals surface area contributed by atoms with Crippen LogP contribution in [0.2, 0.25) is 0 Å². The van der Waals surface area contributed by atoms with Crippen LogP contribution in [0.5, 0.6) is 0 Å². The summed E-state index contributed by atoms with van der Waals surface area (Å²) >= 11 is 0. The molecule has 0 aromatic heterocycles. The van der Waals surface area contributed by atoms with E-state index in [-0.39, 0.29) is 5.82 Å². The molecule has 2 aromatic carbocycles. The molecule has 3 rings (SSSR count). The van der Waals surface area contributed by atoms with Gasteiger partial charge in [0.05, 0.1) is 0 Å². The van der Waals surface area contributed by atoms with Gasteiger partial charge in [0.2, 0.25) is 0 Å². The number of halogens is 1. The number of benzene rings is 2. The van der Waals surface area contributed by atoms with E-state index >= 15 is 0 Å². The molecule has 0 spiro atoms. The van der Waals surface area contributed by atoms with Gasteiger partial charge in [-0.15, -0.1) is 0 Å². The maximum atomic E-state index is 14.1. The smallest absolute Gasteiger partial charge is 0.131 e. The Labute approximate surface area is 126 Å². The Kier molecular flexibility index (Phi) is 4.35. The molecule has 1 N–H and O–H groups in total. The van der Waals surface area contributed by atoms with Gasteiger partial charge in [-0.25, -0.2) is 4.39 Å². The molecular weight excluding hydrogens is 261 g/mol. The van der Waals surface area contributed by atoms with Gasteiger partial charge in [0.15, 0.2) is 0 Å². The Morgan fingerprint density at radius 2 is 1.86 bits per heavy atom. The zero-order valence-corrected chi connectivity index (χ0v) is 12.5. The third kappa shape index (κ3) is 3.16. The van der Waals surface area contributed by atoms with Crippen molar-refractivity contribution in [2.75, 3.05) is 6.54 Å². The second-order valence-corrected chi connectivity index (χ2v) is 5.84. The molecule has 2 heteroatoms. The van der Waals surface area contributed by atoms with Gasteiger partial charge in [-0.2, -0.15) is 0 Å². The summed E-state index contributed by atoms with van der Waals surface area (Å²) in [6.45, 7) is 3.77. The van der Waals surface area contributed by atoms with Gasteiger partial charge in [0.25, 0.3) is 0 Å². The summed E-state index contributed by atoms with van der Waals surface area (Å²) in [5.74, 6) is 0.579. The summed E-state index contributed by atoms with van der Waals surface area (Å²) < 4.78 is 14.1. The fraction of sp³-hybridized carbons (Fsp3) is 0.368. The van der Waals surface area contributed by atoms with Gasteiger partial charge in [-0.3, -0.25) is 0 Å². The highest BCUT2D eigenvalue weighted by molar-refractivity contribution is 5.65. The Morgan fingerprint density at radius 1 is 1.10 bits per heavy atom. The minimum absolute atomic E-state index is 0.147. The maximum Gasteiger partial charge on any atom is 0.131 e. The van der Waals surface area contributed by atoms with Crippen molar-refractivity contribution in [2.45, 2.75) is 38.6 Å². The molecule has 0 bridgehead atoms. The predicted molar refractivity (Wildman–Crippen MR) is 85.8 cm³/mol. The molecular formula is C19H22FN. The lowest BCUT2D eigenvalue weighted by molar-refractivity contribution is 0.420. The highest BCUT2D eigenvalue weighted by atomic mass is 19.1. The van der Waals surface area contributed by atoms with Crippen LogP contribution in [0.25, 0.3) is 11.1 Å². The van der Waals surface area contributed by atoms with Gasteiger partial charge < -0.3 is 5.32 Å². The van der Waals surface area contributed by atoms with Crippen molar-refractivity contribution in [3.63, 3.8) is 0 Å². The summed E-state index contributed by atoms with van der Waals surface area (Å²) in [5, 5.41) is 3.28. The first kappa shape index (κ1) is 14.3. The lowest BCUT2D eigenvalue weighted by Gasteiger charge is -2.25. The number of hydrogen-bond acceptors (Lipinski definition) is 1. The van der Waals surface area contributed by atoms with Crippen molar-refractivity contribution in [1.29, 1.82) is 0 Å². The molecule has 0 heterocycles. The van der Waals surface area contributed by atoms with Crippen LogP contribution in [0, 0.1) is 5.82 Å². The molecule has 2 aromatic rings. The topological polar surface area (TPSA) is 12.0 Å².